The maximum Gasteiger partial charge on any atom is 0.264 e. The molecule has 0 saturated heterocycles. The summed E-state index contributed by atoms with van der Waals surface area (Å²) in [7, 11) is -3.51. The van der Waals surface area contributed by atoms with Crippen molar-refractivity contribution in [2.24, 2.45) is 5.41 Å². The van der Waals surface area contributed by atoms with Gasteiger partial charge in [0, 0.05) is 23.7 Å². The van der Waals surface area contributed by atoms with Crippen molar-refractivity contribution in [3.8, 4) is 0 Å². The number of ketones is 1. The van der Waals surface area contributed by atoms with Crippen molar-refractivity contribution in [2.75, 3.05) is 12.9 Å². The Morgan fingerprint density at radius 1 is 1.47 bits per heavy atom. The van der Waals surface area contributed by atoms with Gasteiger partial charge in [0.15, 0.2) is 0 Å². The number of carbonyl (C=O) groups excluding carboxylic acids is 1. The van der Waals surface area contributed by atoms with Gasteiger partial charge in [0.2, 0.25) is 0 Å². The highest BCUT2D eigenvalue weighted by Gasteiger charge is 2.29. The Morgan fingerprint density at radius 3 is 2.59 bits per heavy atom. The van der Waals surface area contributed by atoms with Crippen molar-refractivity contribution >= 4 is 15.9 Å². The molecule has 17 heavy (non-hydrogen) atoms. The highest BCUT2D eigenvalue weighted by Crippen LogP contribution is 2.20. The molecule has 1 N–H and O–H groups in total. The first-order valence-corrected chi connectivity index (χ1v) is 7.02. The van der Waals surface area contributed by atoms with E-state index in [0.29, 0.717) is 0 Å². The van der Waals surface area contributed by atoms with Crippen LogP contribution in [-0.4, -0.2) is 32.0 Å². The number of Topliss-reactive ketones (excluding diaryl/α,β-unsaturated/α-hetero) is 1. The van der Waals surface area contributed by atoms with Gasteiger partial charge in [-0.15, -0.1) is 0 Å². The predicted octanol–water partition coefficient (Wildman–Crippen LogP) is 1.13. The molecule has 6 heteroatoms. The van der Waals surface area contributed by atoms with Gasteiger partial charge in [-0.1, -0.05) is 13.8 Å². The van der Waals surface area contributed by atoms with Crippen LogP contribution in [0.1, 0.15) is 19.5 Å². The molecule has 0 amide bonds. The van der Waals surface area contributed by atoms with Crippen LogP contribution in [0.25, 0.3) is 0 Å². The van der Waals surface area contributed by atoms with Crippen molar-refractivity contribution in [2.45, 2.75) is 20.3 Å². The highest BCUT2D eigenvalue weighted by molar-refractivity contribution is 7.85. The van der Waals surface area contributed by atoms with Crippen LogP contribution in [-0.2, 0) is 25.5 Å². The molecule has 0 aliphatic heterocycles. The van der Waals surface area contributed by atoms with Crippen molar-refractivity contribution in [3.05, 3.63) is 24.0 Å². The van der Waals surface area contributed by atoms with Gasteiger partial charge < -0.3 is 4.98 Å². The molecule has 0 aliphatic carbocycles. The molecular weight excluding hydrogens is 242 g/mol. The van der Waals surface area contributed by atoms with Crippen LogP contribution < -0.4 is 0 Å². The van der Waals surface area contributed by atoms with Gasteiger partial charge in [-0.05, 0) is 12.1 Å². The maximum absolute atomic E-state index is 12.0. The number of H-pyrrole nitrogens is 1. The highest BCUT2D eigenvalue weighted by atomic mass is 32.2. The summed E-state index contributed by atoms with van der Waals surface area (Å²) in [5.74, 6) is -0.0661. The molecule has 0 fully saturated rings. The monoisotopic (exact) mass is 259 g/mol. The minimum atomic E-state index is -3.51. The van der Waals surface area contributed by atoms with Gasteiger partial charge in [-0.25, -0.2) is 0 Å². The summed E-state index contributed by atoms with van der Waals surface area (Å²) in [5, 5.41) is 0. The molecule has 1 aromatic heterocycles. The zero-order chi connectivity index (χ0) is 13.1. The van der Waals surface area contributed by atoms with Crippen molar-refractivity contribution in [3.63, 3.8) is 0 Å². The molecule has 0 unspecified atom stereocenters. The van der Waals surface area contributed by atoms with E-state index in [1.807, 2.05) is 12.1 Å². The smallest absolute Gasteiger partial charge is 0.264 e. The topological polar surface area (TPSA) is 76.2 Å². The van der Waals surface area contributed by atoms with Crippen LogP contribution in [0.4, 0.5) is 0 Å². The first kappa shape index (κ1) is 13.9. The van der Waals surface area contributed by atoms with Gasteiger partial charge in [0.05, 0.1) is 12.9 Å². The van der Waals surface area contributed by atoms with E-state index in [4.69, 9.17) is 0 Å². The van der Waals surface area contributed by atoms with E-state index in [1.54, 1.807) is 20.0 Å². The van der Waals surface area contributed by atoms with E-state index in [1.165, 1.54) is 0 Å². The zero-order valence-corrected chi connectivity index (χ0v) is 11.0. The fraction of sp³-hybridized carbons (Fsp3) is 0.545. The normalized spacial score (nSPS) is 12.6. The largest absolute Gasteiger partial charge is 0.365 e. The third kappa shape index (κ3) is 4.70. The minimum Gasteiger partial charge on any atom is -0.365 e. The third-order valence-corrected chi connectivity index (χ3v) is 2.95. The van der Waals surface area contributed by atoms with E-state index in [2.05, 4.69) is 9.17 Å². The quantitative estimate of drug-likeness (QED) is 0.777. The Bertz CT molecular complexity index is 474. The molecule has 5 nitrogen and oxygen atoms in total. The molecule has 0 atom stereocenters. The average Bonchev–Trinajstić information content (AvgIpc) is 2.66. The zero-order valence-electron chi connectivity index (χ0n) is 10.2. The summed E-state index contributed by atoms with van der Waals surface area (Å²) in [6.45, 7) is 3.21. The summed E-state index contributed by atoms with van der Waals surface area (Å²) in [4.78, 5) is 14.9. The van der Waals surface area contributed by atoms with Crippen molar-refractivity contribution < 1.29 is 17.4 Å². The fourth-order valence-corrected chi connectivity index (χ4v) is 1.73. The second-order valence-corrected chi connectivity index (χ2v) is 6.29. The molecule has 96 valence electrons. The number of aromatic amines is 1. The Kier molecular flexibility index (Phi) is 4.11. The number of nitrogens with one attached hydrogen (secondary N) is 1. The summed E-state index contributed by atoms with van der Waals surface area (Å²) >= 11 is 0. The number of hydrogen-bond acceptors (Lipinski definition) is 4. The Labute approximate surface area is 101 Å². The molecule has 0 radical (unpaired) electrons. The molecular formula is C11H17NO4S. The average molecular weight is 259 g/mol. The lowest BCUT2D eigenvalue weighted by atomic mass is 9.87. The van der Waals surface area contributed by atoms with E-state index in [-0.39, 0.29) is 18.8 Å². The van der Waals surface area contributed by atoms with E-state index >= 15 is 0 Å². The summed E-state index contributed by atoms with van der Waals surface area (Å²) in [5.41, 5.74) is -0.0174. The van der Waals surface area contributed by atoms with Crippen LogP contribution in [0.15, 0.2) is 18.3 Å². The standard InChI is InChI=1S/C11H17NO4S/c1-11(2,8-16-17(3,14)15)10(13)7-9-5-4-6-12-9/h4-6,12H,7-8H2,1-3H3. The second-order valence-electron chi connectivity index (χ2n) is 4.65. The van der Waals surface area contributed by atoms with Gasteiger partial charge in [0.25, 0.3) is 10.1 Å². The fourth-order valence-electron chi connectivity index (χ4n) is 1.22. The summed E-state index contributed by atoms with van der Waals surface area (Å²) < 4.78 is 26.4. The number of aromatic nitrogens is 1. The molecule has 1 heterocycles. The predicted molar refractivity (Wildman–Crippen MR) is 64.1 cm³/mol. The molecule has 1 rings (SSSR count). The van der Waals surface area contributed by atoms with Gasteiger partial charge in [0.1, 0.15) is 5.78 Å². The molecule has 1 aromatic rings. The summed E-state index contributed by atoms with van der Waals surface area (Å²) in [6, 6.07) is 3.62. The molecule has 0 aliphatic rings. The first-order chi connectivity index (χ1) is 7.71. The van der Waals surface area contributed by atoms with Crippen LogP contribution in [0, 0.1) is 5.41 Å². The molecule has 0 aromatic carbocycles. The third-order valence-electron chi connectivity index (χ3n) is 2.40. The molecule has 0 bridgehead atoms. The molecule has 0 spiro atoms. The summed E-state index contributed by atoms with van der Waals surface area (Å²) in [6.07, 6.45) is 2.95. The minimum absolute atomic E-state index is 0.0661. The number of rotatable bonds is 6. The van der Waals surface area contributed by atoms with Crippen LogP contribution in [0.3, 0.4) is 0 Å². The Hall–Kier alpha value is -1.14. The van der Waals surface area contributed by atoms with E-state index in [9.17, 15) is 13.2 Å². The lowest BCUT2D eigenvalue weighted by molar-refractivity contribution is -0.127. The van der Waals surface area contributed by atoms with Crippen LogP contribution in [0.2, 0.25) is 0 Å². The van der Waals surface area contributed by atoms with Gasteiger partial charge in [-0.3, -0.25) is 8.98 Å². The van der Waals surface area contributed by atoms with Gasteiger partial charge >= 0.3 is 0 Å². The van der Waals surface area contributed by atoms with Crippen molar-refractivity contribution in [1.29, 1.82) is 0 Å². The second kappa shape index (κ2) is 5.01. The lowest BCUT2D eigenvalue weighted by Crippen LogP contribution is -2.32. The SMILES string of the molecule is CC(C)(COS(C)(=O)=O)C(=O)Cc1ccc[nH]1. The lowest BCUT2D eigenvalue weighted by Gasteiger charge is -2.21. The number of hydrogen-bond donors (Lipinski definition) is 1. The number of carbonyl (C=O) groups is 1. The van der Waals surface area contributed by atoms with Crippen LogP contribution in [0.5, 0.6) is 0 Å². The maximum atomic E-state index is 12.0. The van der Waals surface area contributed by atoms with Crippen LogP contribution >= 0.6 is 0 Å². The van der Waals surface area contributed by atoms with Gasteiger partial charge in [-0.2, -0.15) is 8.42 Å². The van der Waals surface area contributed by atoms with Crippen molar-refractivity contribution in [1.82, 2.24) is 4.98 Å². The Balaban J connectivity index is 2.60. The van der Waals surface area contributed by atoms with E-state index in [0.717, 1.165) is 11.9 Å². The molecule has 0 saturated carbocycles. The Morgan fingerprint density at radius 2 is 2.12 bits per heavy atom. The first-order valence-electron chi connectivity index (χ1n) is 5.21. The van der Waals surface area contributed by atoms with E-state index < -0.39 is 15.5 Å².